The number of benzene rings is 1. The van der Waals surface area contributed by atoms with Crippen molar-refractivity contribution in [1.29, 1.82) is 0 Å². The minimum atomic E-state index is -4.55. The van der Waals surface area contributed by atoms with Gasteiger partial charge in [-0.3, -0.25) is 4.79 Å². The van der Waals surface area contributed by atoms with Crippen LogP contribution in [0.15, 0.2) is 36.4 Å². The van der Waals surface area contributed by atoms with E-state index in [0.29, 0.717) is 5.56 Å². The molecule has 0 atom stereocenters. The van der Waals surface area contributed by atoms with Crippen molar-refractivity contribution in [2.75, 3.05) is 7.05 Å². The molecule has 2 rings (SSSR count). The first-order valence-electron chi connectivity index (χ1n) is 6.73. The van der Waals surface area contributed by atoms with Gasteiger partial charge < -0.3 is 4.90 Å². The van der Waals surface area contributed by atoms with E-state index < -0.39 is 17.8 Å². The van der Waals surface area contributed by atoms with Crippen molar-refractivity contribution >= 4 is 5.91 Å². The number of alkyl halides is 3. The topological polar surface area (TPSA) is 33.2 Å². The lowest BCUT2D eigenvalue weighted by molar-refractivity contribution is -0.141. The number of halogens is 4. The van der Waals surface area contributed by atoms with Gasteiger partial charge in [0.25, 0.3) is 5.91 Å². The summed E-state index contributed by atoms with van der Waals surface area (Å²) < 4.78 is 50.6. The van der Waals surface area contributed by atoms with Crippen LogP contribution < -0.4 is 0 Å². The number of aryl methyl sites for hydroxylation is 1. The molecule has 0 aliphatic heterocycles. The van der Waals surface area contributed by atoms with Gasteiger partial charge in [0.15, 0.2) is 0 Å². The van der Waals surface area contributed by atoms with E-state index in [1.165, 1.54) is 43.1 Å². The highest BCUT2D eigenvalue weighted by atomic mass is 19.4. The Kier molecular flexibility index (Phi) is 4.68. The number of carbonyl (C=O) groups excluding carboxylic acids is 1. The summed E-state index contributed by atoms with van der Waals surface area (Å²) in [5.74, 6) is -0.835. The highest BCUT2D eigenvalue weighted by Gasteiger charge is 2.33. The highest BCUT2D eigenvalue weighted by Crippen LogP contribution is 2.28. The molecule has 0 N–H and O–H groups in total. The maximum Gasteiger partial charge on any atom is 0.433 e. The summed E-state index contributed by atoms with van der Waals surface area (Å²) in [4.78, 5) is 17.1. The average Bonchev–Trinajstić information content (AvgIpc) is 2.48. The Bertz CT molecular complexity index is 711. The molecular weight excluding hydrogens is 312 g/mol. The number of aromatic nitrogens is 1. The van der Waals surface area contributed by atoms with Crippen molar-refractivity contribution in [3.8, 4) is 0 Å². The molecular formula is C16H14F4N2O. The third-order valence-corrected chi connectivity index (χ3v) is 3.29. The Balaban J connectivity index is 2.17. The summed E-state index contributed by atoms with van der Waals surface area (Å²) >= 11 is 0. The third-order valence-electron chi connectivity index (χ3n) is 3.29. The maximum absolute atomic E-state index is 12.9. The Morgan fingerprint density at radius 2 is 1.74 bits per heavy atom. The van der Waals surface area contributed by atoms with Gasteiger partial charge in [0, 0.05) is 13.6 Å². The van der Waals surface area contributed by atoms with Crippen molar-refractivity contribution in [3.05, 3.63) is 64.7 Å². The lowest BCUT2D eigenvalue weighted by atomic mass is 10.1. The van der Waals surface area contributed by atoms with E-state index in [-0.39, 0.29) is 23.6 Å². The van der Waals surface area contributed by atoms with Crippen LogP contribution in [0.4, 0.5) is 17.6 Å². The molecule has 0 aliphatic rings. The van der Waals surface area contributed by atoms with E-state index in [1.807, 2.05) is 0 Å². The minimum absolute atomic E-state index is 0.00998. The molecule has 23 heavy (non-hydrogen) atoms. The molecule has 0 spiro atoms. The van der Waals surface area contributed by atoms with Gasteiger partial charge in [0.05, 0.1) is 11.3 Å². The van der Waals surface area contributed by atoms with Crippen LogP contribution in [0.3, 0.4) is 0 Å². The molecule has 122 valence electrons. The fourth-order valence-electron chi connectivity index (χ4n) is 2.09. The Labute approximate surface area is 130 Å². The predicted octanol–water partition coefficient (Wildman–Crippen LogP) is 3.82. The van der Waals surface area contributed by atoms with Gasteiger partial charge >= 0.3 is 6.18 Å². The molecule has 0 radical (unpaired) electrons. The van der Waals surface area contributed by atoms with E-state index in [9.17, 15) is 22.4 Å². The number of hydrogen-bond acceptors (Lipinski definition) is 2. The van der Waals surface area contributed by atoms with Crippen molar-refractivity contribution in [2.45, 2.75) is 19.6 Å². The molecule has 0 aliphatic carbocycles. The molecule has 1 heterocycles. The van der Waals surface area contributed by atoms with Crippen LogP contribution in [0, 0.1) is 12.7 Å². The third kappa shape index (κ3) is 4.06. The molecule has 0 saturated carbocycles. The summed E-state index contributed by atoms with van der Waals surface area (Å²) in [6.07, 6.45) is -4.55. The van der Waals surface area contributed by atoms with Crippen LogP contribution in [0.2, 0.25) is 0 Å². The Morgan fingerprint density at radius 3 is 2.26 bits per heavy atom. The van der Waals surface area contributed by atoms with E-state index >= 15 is 0 Å². The van der Waals surface area contributed by atoms with Gasteiger partial charge in [0.2, 0.25) is 0 Å². The zero-order chi connectivity index (χ0) is 17.2. The van der Waals surface area contributed by atoms with Crippen molar-refractivity contribution in [1.82, 2.24) is 9.88 Å². The molecule has 1 aromatic heterocycles. The summed E-state index contributed by atoms with van der Waals surface area (Å²) in [5, 5.41) is 0. The molecule has 2 aromatic rings. The molecule has 0 unspecified atom stereocenters. The largest absolute Gasteiger partial charge is 0.433 e. The van der Waals surface area contributed by atoms with Crippen molar-refractivity contribution < 1.29 is 22.4 Å². The standard InChI is InChI=1S/C16H14F4N2O/c1-10-13(7-8-14(21-10)16(18,19)20)15(23)22(2)9-11-3-5-12(17)6-4-11/h3-8H,9H2,1-2H3. The Morgan fingerprint density at radius 1 is 1.13 bits per heavy atom. The van der Waals surface area contributed by atoms with Gasteiger partial charge in [-0.05, 0) is 36.8 Å². The summed E-state index contributed by atoms with van der Waals surface area (Å²) in [6.45, 7) is 1.56. The first-order valence-corrected chi connectivity index (χ1v) is 6.73. The van der Waals surface area contributed by atoms with Gasteiger partial charge in [0.1, 0.15) is 11.5 Å². The summed E-state index contributed by atoms with van der Waals surface area (Å²) in [6, 6.07) is 7.53. The van der Waals surface area contributed by atoms with Crippen LogP contribution in [0.5, 0.6) is 0 Å². The predicted molar refractivity (Wildman–Crippen MR) is 76.2 cm³/mol. The molecule has 1 aromatic carbocycles. The molecule has 0 saturated heterocycles. The maximum atomic E-state index is 12.9. The zero-order valence-corrected chi connectivity index (χ0v) is 12.5. The van der Waals surface area contributed by atoms with E-state index in [4.69, 9.17) is 0 Å². The SMILES string of the molecule is Cc1nc(C(F)(F)F)ccc1C(=O)N(C)Cc1ccc(F)cc1. The Hall–Kier alpha value is -2.44. The van der Waals surface area contributed by atoms with Crippen molar-refractivity contribution in [3.63, 3.8) is 0 Å². The monoisotopic (exact) mass is 326 g/mol. The number of hydrogen-bond donors (Lipinski definition) is 0. The van der Waals surface area contributed by atoms with Crippen LogP contribution in [-0.2, 0) is 12.7 Å². The van der Waals surface area contributed by atoms with Crippen LogP contribution in [-0.4, -0.2) is 22.8 Å². The number of rotatable bonds is 3. The van der Waals surface area contributed by atoms with Crippen molar-refractivity contribution in [2.24, 2.45) is 0 Å². The second-order valence-electron chi connectivity index (χ2n) is 5.11. The normalized spacial score (nSPS) is 11.4. The molecule has 0 bridgehead atoms. The summed E-state index contributed by atoms with van der Waals surface area (Å²) in [7, 11) is 1.52. The van der Waals surface area contributed by atoms with Gasteiger partial charge in [-0.2, -0.15) is 13.2 Å². The number of nitrogens with zero attached hydrogens (tertiary/aromatic N) is 2. The fraction of sp³-hybridized carbons (Fsp3) is 0.250. The molecule has 3 nitrogen and oxygen atoms in total. The smallest absolute Gasteiger partial charge is 0.337 e. The second kappa shape index (κ2) is 6.36. The number of carbonyl (C=O) groups is 1. The first kappa shape index (κ1) is 16.9. The summed E-state index contributed by atoms with van der Waals surface area (Å²) in [5.41, 5.74) is -0.217. The van der Waals surface area contributed by atoms with Crippen LogP contribution in [0.25, 0.3) is 0 Å². The lowest BCUT2D eigenvalue weighted by Gasteiger charge is -2.19. The molecule has 7 heteroatoms. The van der Waals surface area contributed by atoms with Gasteiger partial charge in [-0.25, -0.2) is 9.37 Å². The van der Waals surface area contributed by atoms with Crippen LogP contribution >= 0.6 is 0 Å². The second-order valence-corrected chi connectivity index (χ2v) is 5.11. The van der Waals surface area contributed by atoms with Gasteiger partial charge in [-0.15, -0.1) is 0 Å². The van der Waals surface area contributed by atoms with Gasteiger partial charge in [-0.1, -0.05) is 12.1 Å². The van der Waals surface area contributed by atoms with E-state index in [2.05, 4.69) is 4.98 Å². The quantitative estimate of drug-likeness (QED) is 0.804. The number of amides is 1. The van der Waals surface area contributed by atoms with E-state index in [0.717, 1.165) is 12.1 Å². The fourth-order valence-corrected chi connectivity index (χ4v) is 2.09. The first-order chi connectivity index (χ1) is 10.7. The molecule has 1 amide bonds. The highest BCUT2D eigenvalue weighted by molar-refractivity contribution is 5.95. The van der Waals surface area contributed by atoms with Crippen LogP contribution in [0.1, 0.15) is 27.3 Å². The molecule has 0 fully saturated rings. The minimum Gasteiger partial charge on any atom is -0.337 e. The lowest BCUT2D eigenvalue weighted by Crippen LogP contribution is -2.27. The zero-order valence-electron chi connectivity index (χ0n) is 12.5. The number of pyridine rings is 1. The average molecular weight is 326 g/mol. The van der Waals surface area contributed by atoms with E-state index in [1.54, 1.807) is 0 Å².